The first-order chi connectivity index (χ1) is 11.8. The molecule has 0 saturated carbocycles. The number of nitrogens with one attached hydrogen (secondary N) is 2. The molecule has 0 aliphatic heterocycles. The summed E-state index contributed by atoms with van der Waals surface area (Å²) in [5.74, 6) is 0.386. The van der Waals surface area contributed by atoms with Crippen molar-refractivity contribution in [1.82, 2.24) is 0 Å². The number of likely N-dealkylation sites (N-methyl/N-ethyl adjacent to an activating group) is 1. The molecule has 0 fully saturated rings. The van der Waals surface area contributed by atoms with Crippen molar-refractivity contribution >= 4 is 17.3 Å². The number of amides is 1. The maximum Gasteiger partial charge on any atom is 0.279 e. The first kappa shape index (κ1) is 18.6. The summed E-state index contributed by atoms with van der Waals surface area (Å²) in [6.07, 6.45) is 0. The van der Waals surface area contributed by atoms with Crippen LogP contribution in [0.2, 0.25) is 0 Å². The number of rotatable bonds is 7. The van der Waals surface area contributed by atoms with E-state index >= 15 is 0 Å². The topological polar surface area (TPSA) is 76.7 Å². The zero-order valence-electron chi connectivity index (χ0n) is 14.8. The SMILES string of the molecule is CC(C)c1ccc(C[NH+](C)CC(=O)Nc2ccc([N+](=O)[O-])cc2)cc1. The van der Waals surface area contributed by atoms with Crippen LogP contribution in [0, 0.1) is 10.1 Å². The number of hydrogen-bond acceptors (Lipinski definition) is 3. The Kier molecular flexibility index (Phi) is 6.25. The summed E-state index contributed by atoms with van der Waals surface area (Å²) < 4.78 is 0. The predicted octanol–water partition coefficient (Wildman–Crippen LogP) is 2.37. The highest BCUT2D eigenvalue weighted by Crippen LogP contribution is 2.15. The summed E-state index contributed by atoms with van der Waals surface area (Å²) in [7, 11) is 1.96. The van der Waals surface area contributed by atoms with Gasteiger partial charge in [-0.05, 0) is 23.6 Å². The summed E-state index contributed by atoms with van der Waals surface area (Å²) in [4.78, 5) is 23.3. The maximum absolute atomic E-state index is 12.1. The quantitative estimate of drug-likeness (QED) is 0.599. The fourth-order valence-electron chi connectivity index (χ4n) is 2.58. The van der Waals surface area contributed by atoms with E-state index in [0.29, 0.717) is 18.2 Å². The molecule has 0 bridgehead atoms. The molecule has 132 valence electrons. The number of hydrogen-bond donors (Lipinski definition) is 2. The molecule has 25 heavy (non-hydrogen) atoms. The van der Waals surface area contributed by atoms with Crippen LogP contribution in [0.15, 0.2) is 48.5 Å². The van der Waals surface area contributed by atoms with E-state index in [1.807, 2.05) is 7.05 Å². The Morgan fingerprint density at radius 1 is 1.12 bits per heavy atom. The normalized spacial score (nSPS) is 12.0. The molecule has 0 saturated heterocycles. The lowest BCUT2D eigenvalue weighted by Crippen LogP contribution is -3.08. The lowest BCUT2D eigenvalue weighted by molar-refractivity contribution is -0.885. The monoisotopic (exact) mass is 342 g/mol. The van der Waals surface area contributed by atoms with Crippen LogP contribution in [0.5, 0.6) is 0 Å². The Morgan fingerprint density at radius 2 is 1.72 bits per heavy atom. The third-order valence-electron chi connectivity index (χ3n) is 3.98. The number of nitro groups is 1. The van der Waals surface area contributed by atoms with Gasteiger partial charge in [0.1, 0.15) is 6.54 Å². The first-order valence-corrected chi connectivity index (χ1v) is 8.29. The molecule has 0 heterocycles. The molecule has 6 nitrogen and oxygen atoms in total. The van der Waals surface area contributed by atoms with Crippen molar-refractivity contribution in [1.29, 1.82) is 0 Å². The second-order valence-electron chi connectivity index (χ2n) is 6.56. The average Bonchev–Trinajstić information content (AvgIpc) is 2.55. The van der Waals surface area contributed by atoms with Crippen LogP contribution in [-0.4, -0.2) is 24.4 Å². The van der Waals surface area contributed by atoms with Crippen molar-refractivity contribution < 1.29 is 14.6 Å². The average molecular weight is 342 g/mol. The fraction of sp³-hybridized carbons (Fsp3) is 0.316. The van der Waals surface area contributed by atoms with Gasteiger partial charge >= 0.3 is 0 Å². The lowest BCUT2D eigenvalue weighted by atomic mass is 10.0. The maximum atomic E-state index is 12.1. The van der Waals surface area contributed by atoms with Crippen LogP contribution < -0.4 is 10.2 Å². The number of nitro benzene ring substituents is 1. The Hall–Kier alpha value is -2.73. The van der Waals surface area contributed by atoms with Crippen LogP contribution in [-0.2, 0) is 11.3 Å². The number of carbonyl (C=O) groups is 1. The molecule has 2 aromatic rings. The molecule has 0 aliphatic carbocycles. The van der Waals surface area contributed by atoms with Crippen molar-refractivity contribution in [3.63, 3.8) is 0 Å². The molecule has 0 spiro atoms. The summed E-state index contributed by atoms with van der Waals surface area (Å²) in [6, 6.07) is 14.3. The molecule has 2 rings (SSSR count). The number of anilines is 1. The van der Waals surface area contributed by atoms with Crippen molar-refractivity contribution in [2.75, 3.05) is 18.9 Å². The minimum atomic E-state index is -0.464. The van der Waals surface area contributed by atoms with Crippen molar-refractivity contribution in [2.24, 2.45) is 0 Å². The third-order valence-corrected chi connectivity index (χ3v) is 3.98. The van der Waals surface area contributed by atoms with Crippen LogP contribution in [0.25, 0.3) is 0 Å². The Balaban J connectivity index is 1.86. The highest BCUT2D eigenvalue weighted by atomic mass is 16.6. The molecule has 2 N–H and O–H groups in total. The number of non-ortho nitro benzene ring substituents is 1. The minimum absolute atomic E-state index is 0.00517. The molecule has 6 heteroatoms. The van der Waals surface area contributed by atoms with E-state index < -0.39 is 4.92 Å². The Morgan fingerprint density at radius 3 is 2.24 bits per heavy atom. The van der Waals surface area contributed by atoms with Crippen LogP contribution in [0.3, 0.4) is 0 Å². The summed E-state index contributed by atoms with van der Waals surface area (Å²) in [5.41, 5.74) is 3.05. The number of benzene rings is 2. The smallest absolute Gasteiger partial charge is 0.279 e. The molecule has 1 amide bonds. The summed E-state index contributed by atoms with van der Waals surface area (Å²) >= 11 is 0. The van der Waals surface area contributed by atoms with E-state index in [-0.39, 0.29) is 11.6 Å². The molecular weight excluding hydrogens is 318 g/mol. The van der Waals surface area contributed by atoms with E-state index in [2.05, 4.69) is 43.4 Å². The van der Waals surface area contributed by atoms with Crippen molar-refractivity contribution in [3.05, 3.63) is 69.8 Å². The standard InChI is InChI=1S/C19H23N3O3/c1-14(2)16-6-4-15(5-7-16)12-21(3)13-19(23)20-17-8-10-18(11-9-17)22(24)25/h4-11,14H,12-13H2,1-3H3,(H,20,23)/p+1. The van der Waals surface area contributed by atoms with E-state index in [9.17, 15) is 14.9 Å². The van der Waals surface area contributed by atoms with Crippen molar-refractivity contribution in [2.45, 2.75) is 26.3 Å². The Labute approximate surface area is 147 Å². The predicted molar refractivity (Wildman–Crippen MR) is 97.7 cm³/mol. The molecule has 1 atom stereocenters. The van der Waals surface area contributed by atoms with Gasteiger partial charge in [0.2, 0.25) is 0 Å². The number of carbonyl (C=O) groups excluding carboxylic acids is 1. The summed E-state index contributed by atoms with van der Waals surface area (Å²) in [6.45, 7) is 5.40. The zero-order chi connectivity index (χ0) is 18.4. The molecule has 0 aliphatic rings. The highest BCUT2D eigenvalue weighted by Gasteiger charge is 2.12. The zero-order valence-corrected chi connectivity index (χ0v) is 14.8. The van der Waals surface area contributed by atoms with E-state index in [1.54, 1.807) is 0 Å². The summed E-state index contributed by atoms with van der Waals surface area (Å²) in [5, 5.41) is 13.4. The Bertz CT molecular complexity index is 725. The van der Waals surface area contributed by atoms with Gasteiger partial charge in [0.05, 0.1) is 12.0 Å². The fourth-order valence-corrected chi connectivity index (χ4v) is 2.58. The molecule has 0 aromatic heterocycles. The second kappa shape index (κ2) is 8.39. The third kappa shape index (κ3) is 5.69. The van der Waals surface area contributed by atoms with E-state index in [4.69, 9.17) is 0 Å². The van der Waals surface area contributed by atoms with Crippen LogP contribution >= 0.6 is 0 Å². The van der Waals surface area contributed by atoms with Gasteiger partial charge < -0.3 is 10.2 Å². The van der Waals surface area contributed by atoms with Gasteiger partial charge in [0.25, 0.3) is 11.6 Å². The lowest BCUT2D eigenvalue weighted by Gasteiger charge is -2.14. The first-order valence-electron chi connectivity index (χ1n) is 8.29. The van der Waals surface area contributed by atoms with Gasteiger partial charge in [0.15, 0.2) is 6.54 Å². The van der Waals surface area contributed by atoms with Gasteiger partial charge in [-0.2, -0.15) is 0 Å². The number of quaternary nitrogens is 1. The molecule has 2 aromatic carbocycles. The second-order valence-corrected chi connectivity index (χ2v) is 6.56. The van der Waals surface area contributed by atoms with Gasteiger partial charge in [0, 0.05) is 23.4 Å². The number of nitrogens with zero attached hydrogens (tertiary/aromatic N) is 1. The van der Waals surface area contributed by atoms with E-state index in [1.165, 1.54) is 35.4 Å². The molecule has 1 unspecified atom stereocenters. The van der Waals surface area contributed by atoms with Gasteiger partial charge in [-0.1, -0.05) is 38.1 Å². The van der Waals surface area contributed by atoms with Crippen LogP contribution in [0.4, 0.5) is 11.4 Å². The molecular formula is C19H24N3O3+. The van der Waals surface area contributed by atoms with Gasteiger partial charge in [-0.25, -0.2) is 0 Å². The van der Waals surface area contributed by atoms with Crippen LogP contribution in [0.1, 0.15) is 30.9 Å². The minimum Gasteiger partial charge on any atom is -0.326 e. The molecule has 0 radical (unpaired) electrons. The van der Waals surface area contributed by atoms with E-state index in [0.717, 1.165) is 11.4 Å². The largest absolute Gasteiger partial charge is 0.326 e. The van der Waals surface area contributed by atoms with Crippen molar-refractivity contribution in [3.8, 4) is 0 Å². The van der Waals surface area contributed by atoms with Gasteiger partial charge in [-0.3, -0.25) is 14.9 Å². The highest BCUT2D eigenvalue weighted by molar-refractivity contribution is 5.91. The van der Waals surface area contributed by atoms with Gasteiger partial charge in [-0.15, -0.1) is 0 Å².